The molecule has 0 spiro atoms. The van der Waals surface area contributed by atoms with Crippen LogP contribution in [0.2, 0.25) is 0 Å². The van der Waals surface area contributed by atoms with Gasteiger partial charge in [-0.2, -0.15) is 0 Å². The second-order valence-electron chi connectivity index (χ2n) is 5.34. The van der Waals surface area contributed by atoms with Gasteiger partial charge in [-0.1, -0.05) is 18.6 Å². The second-order valence-corrected chi connectivity index (χ2v) is 5.34. The van der Waals surface area contributed by atoms with Crippen LogP contribution in [0.4, 0.5) is 0 Å². The zero-order valence-corrected chi connectivity index (χ0v) is 11.3. The highest BCUT2D eigenvalue weighted by Crippen LogP contribution is 2.12. The summed E-state index contributed by atoms with van der Waals surface area (Å²) in [5.74, 6) is 0.866. The number of piperazine rings is 1. The number of hydrogen-bond acceptors (Lipinski definition) is 2. The Morgan fingerprint density at radius 2 is 1.94 bits per heavy atom. The minimum absolute atomic E-state index is 0.866. The Morgan fingerprint density at radius 1 is 1.25 bits per heavy atom. The molecule has 0 aromatic carbocycles. The van der Waals surface area contributed by atoms with E-state index in [4.69, 9.17) is 0 Å². The van der Waals surface area contributed by atoms with Gasteiger partial charge in [0.05, 0.1) is 0 Å². The first-order valence-corrected chi connectivity index (χ1v) is 6.75. The predicted octanol–water partition coefficient (Wildman–Crippen LogP) is 2.66. The summed E-state index contributed by atoms with van der Waals surface area (Å²) < 4.78 is 0. The summed E-state index contributed by atoms with van der Waals surface area (Å²) in [5.41, 5.74) is 1.45. The fourth-order valence-electron chi connectivity index (χ4n) is 2.14. The third-order valence-corrected chi connectivity index (χ3v) is 3.36. The highest BCUT2D eigenvalue weighted by atomic mass is 15.2. The quantitative estimate of drug-likeness (QED) is 0.698. The molecule has 94 valence electrons. The summed E-state index contributed by atoms with van der Waals surface area (Å²) in [5, 5.41) is 3.40. The van der Waals surface area contributed by atoms with Crippen LogP contribution in [0.5, 0.6) is 0 Å². The average molecular weight is 224 g/mol. The molecule has 0 bridgehead atoms. The van der Waals surface area contributed by atoms with E-state index in [9.17, 15) is 0 Å². The van der Waals surface area contributed by atoms with Crippen LogP contribution in [0.15, 0.2) is 11.6 Å². The van der Waals surface area contributed by atoms with Crippen molar-refractivity contribution in [3.05, 3.63) is 11.6 Å². The largest absolute Gasteiger partial charge is 0.314 e. The topological polar surface area (TPSA) is 15.3 Å². The molecule has 0 amide bonds. The fraction of sp³-hybridized carbons (Fsp3) is 0.857. The van der Waals surface area contributed by atoms with E-state index >= 15 is 0 Å². The summed E-state index contributed by atoms with van der Waals surface area (Å²) in [6.07, 6.45) is 6.32. The van der Waals surface area contributed by atoms with Crippen molar-refractivity contribution < 1.29 is 0 Å². The maximum absolute atomic E-state index is 3.40. The van der Waals surface area contributed by atoms with Gasteiger partial charge in [-0.05, 0) is 45.6 Å². The van der Waals surface area contributed by atoms with Gasteiger partial charge in [0.1, 0.15) is 0 Å². The van der Waals surface area contributed by atoms with E-state index in [0.717, 1.165) is 5.92 Å². The predicted molar refractivity (Wildman–Crippen MR) is 71.8 cm³/mol. The van der Waals surface area contributed by atoms with Crippen molar-refractivity contribution in [1.29, 1.82) is 0 Å². The van der Waals surface area contributed by atoms with Crippen molar-refractivity contribution in [1.82, 2.24) is 10.2 Å². The van der Waals surface area contributed by atoms with E-state index in [1.165, 1.54) is 57.6 Å². The maximum atomic E-state index is 3.40. The number of nitrogens with zero attached hydrogens (tertiary/aromatic N) is 1. The molecule has 0 radical (unpaired) electrons. The van der Waals surface area contributed by atoms with Crippen LogP contribution in [0.1, 0.15) is 40.0 Å². The van der Waals surface area contributed by atoms with Gasteiger partial charge >= 0.3 is 0 Å². The van der Waals surface area contributed by atoms with Crippen molar-refractivity contribution in [2.24, 2.45) is 5.92 Å². The van der Waals surface area contributed by atoms with Crippen LogP contribution in [0.3, 0.4) is 0 Å². The third-order valence-electron chi connectivity index (χ3n) is 3.36. The Balaban J connectivity index is 2.04. The number of nitrogens with one attached hydrogen (secondary N) is 1. The maximum Gasteiger partial charge on any atom is 0.0107 e. The van der Waals surface area contributed by atoms with E-state index in [2.05, 4.69) is 37.1 Å². The van der Waals surface area contributed by atoms with Gasteiger partial charge in [-0.3, -0.25) is 0 Å². The van der Waals surface area contributed by atoms with Gasteiger partial charge in [0.15, 0.2) is 0 Å². The Morgan fingerprint density at radius 3 is 2.56 bits per heavy atom. The summed E-state index contributed by atoms with van der Waals surface area (Å²) in [6.45, 7) is 12.9. The van der Waals surface area contributed by atoms with E-state index in [0.29, 0.717) is 0 Å². The van der Waals surface area contributed by atoms with Crippen molar-refractivity contribution in [2.75, 3.05) is 32.7 Å². The highest BCUT2D eigenvalue weighted by Gasteiger charge is 2.10. The average Bonchev–Trinajstić information content (AvgIpc) is 2.27. The van der Waals surface area contributed by atoms with E-state index in [1.54, 1.807) is 0 Å². The van der Waals surface area contributed by atoms with Gasteiger partial charge in [0.2, 0.25) is 0 Å². The smallest absolute Gasteiger partial charge is 0.0107 e. The fourth-order valence-corrected chi connectivity index (χ4v) is 2.14. The molecule has 1 saturated heterocycles. The number of hydrogen-bond donors (Lipinski definition) is 1. The van der Waals surface area contributed by atoms with Crippen LogP contribution >= 0.6 is 0 Å². The minimum atomic E-state index is 0.866. The van der Waals surface area contributed by atoms with E-state index in [1.807, 2.05) is 0 Å². The standard InChI is InChI=1S/C14H28N2/c1-13(2)5-4-6-14(3)7-10-16-11-8-15-9-12-16/h5,14-15H,4,6-12H2,1-3H3. The molecule has 1 atom stereocenters. The first kappa shape index (κ1) is 13.7. The van der Waals surface area contributed by atoms with Crippen LogP contribution in [-0.2, 0) is 0 Å². The zero-order valence-electron chi connectivity index (χ0n) is 11.3. The van der Waals surface area contributed by atoms with Gasteiger partial charge in [0, 0.05) is 26.2 Å². The normalized spacial score (nSPS) is 19.4. The van der Waals surface area contributed by atoms with E-state index in [-0.39, 0.29) is 0 Å². The summed E-state index contributed by atoms with van der Waals surface area (Å²) in [7, 11) is 0. The number of allylic oxidation sites excluding steroid dienone is 2. The molecule has 1 rings (SSSR count). The molecular formula is C14H28N2. The monoisotopic (exact) mass is 224 g/mol. The second kappa shape index (κ2) is 7.86. The van der Waals surface area contributed by atoms with Crippen molar-refractivity contribution in [3.8, 4) is 0 Å². The van der Waals surface area contributed by atoms with Gasteiger partial charge in [-0.15, -0.1) is 0 Å². The molecule has 2 nitrogen and oxygen atoms in total. The molecule has 1 unspecified atom stereocenters. The van der Waals surface area contributed by atoms with Gasteiger partial charge < -0.3 is 10.2 Å². The number of rotatable bonds is 6. The zero-order chi connectivity index (χ0) is 11.8. The van der Waals surface area contributed by atoms with Crippen LogP contribution in [0, 0.1) is 5.92 Å². The molecule has 2 heteroatoms. The summed E-state index contributed by atoms with van der Waals surface area (Å²) in [4.78, 5) is 2.59. The molecule has 1 heterocycles. The molecule has 1 fully saturated rings. The van der Waals surface area contributed by atoms with Gasteiger partial charge in [-0.25, -0.2) is 0 Å². The lowest BCUT2D eigenvalue weighted by Crippen LogP contribution is -2.44. The molecule has 0 aromatic rings. The Labute approximate surface area is 101 Å². The first-order valence-electron chi connectivity index (χ1n) is 6.75. The SMILES string of the molecule is CC(C)=CCCC(C)CCN1CCNCC1. The van der Waals surface area contributed by atoms with Crippen LogP contribution in [0.25, 0.3) is 0 Å². The molecule has 1 aliphatic rings. The van der Waals surface area contributed by atoms with Crippen LogP contribution in [-0.4, -0.2) is 37.6 Å². The molecule has 1 N–H and O–H groups in total. The Bertz CT molecular complexity index is 201. The Kier molecular flexibility index (Phi) is 6.74. The molecular weight excluding hydrogens is 196 g/mol. The summed E-state index contributed by atoms with van der Waals surface area (Å²) >= 11 is 0. The first-order chi connectivity index (χ1) is 7.68. The highest BCUT2D eigenvalue weighted by molar-refractivity contribution is 4.92. The van der Waals surface area contributed by atoms with Crippen molar-refractivity contribution >= 4 is 0 Å². The lowest BCUT2D eigenvalue weighted by atomic mass is 10.0. The molecule has 0 aromatic heterocycles. The molecule has 1 aliphatic heterocycles. The van der Waals surface area contributed by atoms with Gasteiger partial charge in [0.25, 0.3) is 0 Å². The minimum Gasteiger partial charge on any atom is -0.314 e. The molecule has 0 saturated carbocycles. The lowest BCUT2D eigenvalue weighted by molar-refractivity contribution is 0.224. The molecule has 16 heavy (non-hydrogen) atoms. The van der Waals surface area contributed by atoms with Crippen molar-refractivity contribution in [2.45, 2.75) is 40.0 Å². The molecule has 0 aliphatic carbocycles. The third kappa shape index (κ3) is 6.29. The lowest BCUT2D eigenvalue weighted by Gasteiger charge is -2.28. The van der Waals surface area contributed by atoms with E-state index < -0.39 is 0 Å². The summed E-state index contributed by atoms with van der Waals surface area (Å²) in [6, 6.07) is 0. The Hall–Kier alpha value is -0.340. The van der Waals surface area contributed by atoms with Crippen LogP contribution < -0.4 is 5.32 Å². The van der Waals surface area contributed by atoms with Crippen molar-refractivity contribution in [3.63, 3.8) is 0 Å².